The van der Waals surface area contributed by atoms with Gasteiger partial charge in [0.25, 0.3) is 0 Å². The Morgan fingerprint density at radius 1 is 1.42 bits per heavy atom. The maximum atomic E-state index is 13.1. The van der Waals surface area contributed by atoms with Crippen molar-refractivity contribution in [1.82, 2.24) is 5.16 Å². The minimum Gasteiger partial charge on any atom is -0.612 e. The number of rotatable bonds is 5. The number of hydrogen-bond acceptors (Lipinski definition) is 6. The van der Waals surface area contributed by atoms with Gasteiger partial charge in [0.15, 0.2) is 10.7 Å². The van der Waals surface area contributed by atoms with E-state index < -0.39 is 22.9 Å². The number of carbonyl (C=O) groups excluding carboxylic acids is 2. The third-order valence-electron chi connectivity index (χ3n) is 3.77. The molecule has 1 atom stereocenters. The van der Waals surface area contributed by atoms with Gasteiger partial charge in [-0.05, 0) is 36.2 Å². The summed E-state index contributed by atoms with van der Waals surface area (Å²) >= 11 is 1.94. The summed E-state index contributed by atoms with van der Waals surface area (Å²) < 4.78 is 22.7. The van der Waals surface area contributed by atoms with Gasteiger partial charge in [-0.2, -0.15) is 0 Å². The van der Waals surface area contributed by atoms with Crippen LogP contribution in [0.5, 0.6) is 0 Å². The monoisotopic (exact) mass is 411 g/mol. The number of ether oxygens (including phenoxy) is 1. The molecule has 8 heteroatoms. The molecule has 1 heterocycles. The molecule has 0 radical (unpaired) electrons. The van der Waals surface area contributed by atoms with E-state index in [9.17, 15) is 14.1 Å². The average molecular weight is 412 g/mol. The summed E-state index contributed by atoms with van der Waals surface area (Å²) in [6.45, 7) is 0. The Kier molecular flexibility index (Phi) is 4.80. The number of aromatic nitrogens is 1. The number of benzene rings is 1. The lowest BCUT2D eigenvalue weighted by molar-refractivity contribution is 0.0586. The molecule has 0 amide bonds. The van der Waals surface area contributed by atoms with Crippen LogP contribution in [0.15, 0.2) is 32.1 Å². The molecule has 0 saturated heterocycles. The van der Waals surface area contributed by atoms with Crippen LogP contribution in [0.1, 0.15) is 50.9 Å². The Labute approximate surface area is 149 Å². The summed E-state index contributed by atoms with van der Waals surface area (Å²) in [4.78, 5) is 25.4. The molecule has 1 aromatic carbocycles. The first-order valence-electron chi connectivity index (χ1n) is 7.19. The van der Waals surface area contributed by atoms with Gasteiger partial charge in [0, 0.05) is 16.5 Å². The second-order valence-electron chi connectivity index (χ2n) is 5.46. The van der Waals surface area contributed by atoms with Crippen molar-refractivity contribution in [2.24, 2.45) is 0 Å². The van der Waals surface area contributed by atoms with Crippen LogP contribution < -0.4 is 0 Å². The SMILES string of the molecule is COC(=O)c1noc(C2CC2)c1C(=O)c1ccc(Br)cc1[S+](C)[O-]. The highest BCUT2D eigenvalue weighted by atomic mass is 79.9. The molecule has 24 heavy (non-hydrogen) atoms. The van der Waals surface area contributed by atoms with Crippen molar-refractivity contribution in [3.8, 4) is 0 Å². The molecular formula is C16H14BrNO5S. The van der Waals surface area contributed by atoms with Crippen LogP contribution in [-0.4, -0.2) is 34.8 Å². The van der Waals surface area contributed by atoms with Gasteiger partial charge in [-0.3, -0.25) is 4.79 Å². The average Bonchev–Trinajstić information content (AvgIpc) is 3.31. The second-order valence-corrected chi connectivity index (χ2v) is 7.72. The number of carbonyl (C=O) groups is 2. The van der Waals surface area contributed by atoms with Crippen LogP contribution in [0, 0.1) is 0 Å². The minimum absolute atomic E-state index is 0.0841. The molecule has 1 aromatic heterocycles. The molecule has 1 saturated carbocycles. The number of methoxy groups -OCH3 is 1. The maximum Gasteiger partial charge on any atom is 0.361 e. The Bertz CT molecular complexity index is 813. The van der Waals surface area contributed by atoms with Crippen molar-refractivity contribution in [3.05, 3.63) is 45.3 Å². The Morgan fingerprint density at radius 3 is 2.71 bits per heavy atom. The van der Waals surface area contributed by atoms with Crippen LogP contribution in [0.3, 0.4) is 0 Å². The van der Waals surface area contributed by atoms with Crippen LogP contribution in [0.4, 0.5) is 0 Å². The van der Waals surface area contributed by atoms with Crippen LogP contribution in [0.25, 0.3) is 0 Å². The van der Waals surface area contributed by atoms with Crippen LogP contribution in [-0.2, 0) is 15.9 Å². The molecule has 0 bridgehead atoms. The zero-order chi connectivity index (χ0) is 17.4. The first kappa shape index (κ1) is 17.2. The summed E-state index contributed by atoms with van der Waals surface area (Å²) in [7, 11) is 1.22. The first-order valence-corrected chi connectivity index (χ1v) is 9.54. The predicted molar refractivity (Wildman–Crippen MR) is 89.7 cm³/mol. The van der Waals surface area contributed by atoms with E-state index in [0.717, 1.165) is 12.8 Å². The summed E-state index contributed by atoms with van der Waals surface area (Å²) in [6, 6.07) is 4.89. The van der Waals surface area contributed by atoms with Gasteiger partial charge in [0.05, 0.1) is 12.7 Å². The van der Waals surface area contributed by atoms with Crippen molar-refractivity contribution in [2.75, 3.05) is 13.4 Å². The fourth-order valence-corrected chi connectivity index (χ4v) is 3.71. The highest BCUT2D eigenvalue weighted by Gasteiger charge is 2.38. The lowest BCUT2D eigenvalue weighted by Crippen LogP contribution is -2.15. The fourth-order valence-electron chi connectivity index (χ4n) is 2.44. The summed E-state index contributed by atoms with van der Waals surface area (Å²) in [5.41, 5.74) is 0.229. The Hall–Kier alpha value is -1.64. The third-order valence-corrected chi connectivity index (χ3v) is 5.22. The van der Waals surface area contributed by atoms with Gasteiger partial charge in [-0.15, -0.1) is 0 Å². The molecule has 1 fully saturated rings. The van der Waals surface area contributed by atoms with Crippen LogP contribution in [0.2, 0.25) is 0 Å². The quantitative estimate of drug-likeness (QED) is 0.426. The van der Waals surface area contributed by atoms with E-state index in [4.69, 9.17) is 9.26 Å². The van der Waals surface area contributed by atoms with E-state index in [1.54, 1.807) is 18.2 Å². The van der Waals surface area contributed by atoms with Crippen molar-refractivity contribution in [1.29, 1.82) is 0 Å². The van der Waals surface area contributed by atoms with E-state index in [0.29, 0.717) is 15.1 Å². The molecule has 0 spiro atoms. The largest absolute Gasteiger partial charge is 0.612 e. The third kappa shape index (κ3) is 3.13. The van der Waals surface area contributed by atoms with E-state index in [-0.39, 0.29) is 22.7 Å². The normalized spacial score (nSPS) is 15.2. The highest BCUT2D eigenvalue weighted by Crippen LogP contribution is 2.43. The Morgan fingerprint density at radius 2 is 2.12 bits per heavy atom. The second kappa shape index (κ2) is 6.70. The summed E-state index contributed by atoms with van der Waals surface area (Å²) in [5, 5.41) is 3.73. The molecule has 1 unspecified atom stereocenters. The van der Waals surface area contributed by atoms with Crippen LogP contribution >= 0.6 is 15.9 Å². The van der Waals surface area contributed by atoms with E-state index in [1.807, 2.05) is 0 Å². The minimum atomic E-state index is -1.37. The Balaban J connectivity index is 2.14. The van der Waals surface area contributed by atoms with Crippen molar-refractivity contribution in [3.63, 3.8) is 0 Å². The van der Waals surface area contributed by atoms with E-state index in [1.165, 1.54) is 13.4 Å². The lowest BCUT2D eigenvalue weighted by atomic mass is 9.99. The molecule has 2 aromatic rings. The van der Waals surface area contributed by atoms with Gasteiger partial charge in [-0.1, -0.05) is 21.1 Å². The van der Waals surface area contributed by atoms with E-state index >= 15 is 0 Å². The standard InChI is InChI=1S/C16H14BrNO5S/c1-22-16(20)13-12(15(23-18-13)8-3-4-8)14(19)10-6-5-9(17)7-11(10)24(2)21/h5-8H,3-4H2,1-2H3. The first-order chi connectivity index (χ1) is 11.4. The maximum absolute atomic E-state index is 13.1. The summed E-state index contributed by atoms with van der Waals surface area (Å²) in [5.74, 6) is -0.682. The molecule has 126 valence electrons. The molecule has 6 nitrogen and oxygen atoms in total. The van der Waals surface area contributed by atoms with Gasteiger partial charge >= 0.3 is 5.97 Å². The number of ketones is 1. The fraction of sp³-hybridized carbons (Fsp3) is 0.312. The molecule has 1 aliphatic rings. The lowest BCUT2D eigenvalue weighted by Gasteiger charge is -2.10. The van der Waals surface area contributed by atoms with Gasteiger partial charge < -0.3 is 13.8 Å². The zero-order valence-electron chi connectivity index (χ0n) is 13.0. The molecule has 0 aliphatic heterocycles. The molecule has 0 N–H and O–H groups in total. The van der Waals surface area contributed by atoms with Crippen molar-refractivity contribution in [2.45, 2.75) is 23.7 Å². The smallest absolute Gasteiger partial charge is 0.361 e. The zero-order valence-corrected chi connectivity index (χ0v) is 15.4. The van der Waals surface area contributed by atoms with Gasteiger partial charge in [0.2, 0.25) is 11.5 Å². The van der Waals surface area contributed by atoms with Gasteiger partial charge in [0.1, 0.15) is 11.8 Å². The summed E-state index contributed by atoms with van der Waals surface area (Å²) in [6.07, 6.45) is 3.25. The topological polar surface area (TPSA) is 92.5 Å². The molecule has 1 aliphatic carbocycles. The molecule has 3 rings (SSSR count). The molecular weight excluding hydrogens is 398 g/mol. The number of esters is 1. The predicted octanol–water partition coefficient (Wildman–Crippen LogP) is 3.07. The van der Waals surface area contributed by atoms with Crippen molar-refractivity contribution >= 4 is 38.9 Å². The highest BCUT2D eigenvalue weighted by molar-refractivity contribution is 9.10. The van der Waals surface area contributed by atoms with Gasteiger partial charge in [-0.25, -0.2) is 4.79 Å². The van der Waals surface area contributed by atoms with Crippen molar-refractivity contribution < 1.29 is 23.4 Å². The van der Waals surface area contributed by atoms with E-state index in [2.05, 4.69) is 21.1 Å². The number of halogens is 1. The number of nitrogens with zero attached hydrogens (tertiary/aromatic N) is 1. The number of hydrogen-bond donors (Lipinski definition) is 0.